The Labute approximate surface area is 133 Å². The zero-order valence-corrected chi connectivity index (χ0v) is 14.3. The van der Waals surface area contributed by atoms with E-state index in [4.69, 9.17) is 4.74 Å². The Kier molecular flexibility index (Phi) is 3.54. The lowest BCUT2D eigenvalue weighted by atomic mass is 9.43. The SMILES string of the molecule is COC(=O)[C@]12CCCC=C1[C@@]1(C)CCC(=O)C(C)(C)C1CC2. The van der Waals surface area contributed by atoms with Gasteiger partial charge in [0.1, 0.15) is 5.78 Å². The molecule has 2 fully saturated rings. The number of hydrogen-bond donors (Lipinski definition) is 0. The van der Waals surface area contributed by atoms with Crippen molar-refractivity contribution in [2.24, 2.45) is 22.2 Å². The summed E-state index contributed by atoms with van der Waals surface area (Å²) in [5.74, 6) is 0.660. The largest absolute Gasteiger partial charge is 0.468 e. The normalized spacial score (nSPS) is 40.3. The summed E-state index contributed by atoms with van der Waals surface area (Å²) in [6.07, 6.45) is 8.61. The second kappa shape index (κ2) is 4.94. The molecular weight excluding hydrogens is 276 g/mol. The van der Waals surface area contributed by atoms with Gasteiger partial charge in [-0.05, 0) is 49.9 Å². The first-order valence-corrected chi connectivity index (χ1v) is 8.62. The zero-order chi connectivity index (χ0) is 16.2. The van der Waals surface area contributed by atoms with Gasteiger partial charge in [0.05, 0.1) is 12.5 Å². The molecule has 0 aromatic carbocycles. The number of methoxy groups -OCH3 is 1. The van der Waals surface area contributed by atoms with E-state index in [-0.39, 0.29) is 16.8 Å². The standard InChI is InChI=1S/C19H28O3/c1-17(2)13-8-12-19(16(21)22-4)10-6-5-7-14(19)18(13,3)11-9-15(17)20/h7,13H,5-6,8-12H2,1-4H3/t13?,18-,19-/m0/s1. The van der Waals surface area contributed by atoms with E-state index in [1.807, 2.05) is 0 Å². The number of ether oxygens (including phenoxy) is 1. The molecule has 0 bridgehead atoms. The van der Waals surface area contributed by atoms with Crippen molar-refractivity contribution in [1.82, 2.24) is 0 Å². The Bertz CT molecular complexity index is 545. The Hall–Kier alpha value is -1.12. The highest BCUT2D eigenvalue weighted by Gasteiger charge is 2.61. The molecule has 3 nitrogen and oxygen atoms in total. The molecule has 3 aliphatic rings. The van der Waals surface area contributed by atoms with Gasteiger partial charge in [-0.3, -0.25) is 9.59 Å². The molecule has 0 heterocycles. The van der Waals surface area contributed by atoms with Crippen molar-refractivity contribution in [3.63, 3.8) is 0 Å². The number of Topliss-reactive ketones (excluding diaryl/α,β-unsaturated/α-hetero) is 1. The van der Waals surface area contributed by atoms with Crippen LogP contribution in [-0.2, 0) is 14.3 Å². The molecule has 0 aromatic heterocycles. The molecule has 3 aliphatic carbocycles. The van der Waals surface area contributed by atoms with Crippen molar-refractivity contribution in [3.8, 4) is 0 Å². The molecule has 3 heteroatoms. The van der Waals surface area contributed by atoms with Crippen LogP contribution >= 0.6 is 0 Å². The van der Waals surface area contributed by atoms with Gasteiger partial charge >= 0.3 is 5.97 Å². The van der Waals surface area contributed by atoms with E-state index in [0.717, 1.165) is 38.5 Å². The summed E-state index contributed by atoms with van der Waals surface area (Å²) < 4.78 is 5.20. The number of carbonyl (C=O) groups is 2. The summed E-state index contributed by atoms with van der Waals surface area (Å²) in [6.45, 7) is 6.50. The zero-order valence-electron chi connectivity index (χ0n) is 14.3. The van der Waals surface area contributed by atoms with Gasteiger partial charge in [-0.25, -0.2) is 0 Å². The van der Waals surface area contributed by atoms with Gasteiger partial charge in [0.2, 0.25) is 0 Å². The minimum Gasteiger partial charge on any atom is -0.468 e. The molecule has 0 spiro atoms. The van der Waals surface area contributed by atoms with E-state index >= 15 is 0 Å². The number of hydrogen-bond acceptors (Lipinski definition) is 3. The van der Waals surface area contributed by atoms with Gasteiger partial charge in [-0.1, -0.05) is 32.4 Å². The Morgan fingerprint density at radius 2 is 1.95 bits per heavy atom. The fourth-order valence-electron chi connectivity index (χ4n) is 5.78. The molecule has 22 heavy (non-hydrogen) atoms. The van der Waals surface area contributed by atoms with Crippen molar-refractivity contribution in [2.45, 2.75) is 65.7 Å². The van der Waals surface area contributed by atoms with Gasteiger partial charge in [0.25, 0.3) is 0 Å². The molecular formula is C19H28O3. The van der Waals surface area contributed by atoms with Gasteiger partial charge < -0.3 is 4.74 Å². The molecule has 0 N–H and O–H groups in total. The lowest BCUT2D eigenvalue weighted by molar-refractivity contribution is -0.159. The van der Waals surface area contributed by atoms with Crippen LogP contribution in [-0.4, -0.2) is 18.9 Å². The van der Waals surface area contributed by atoms with Crippen LogP contribution in [0.3, 0.4) is 0 Å². The highest BCUT2D eigenvalue weighted by molar-refractivity contribution is 5.87. The minimum absolute atomic E-state index is 0.0374. The monoisotopic (exact) mass is 304 g/mol. The van der Waals surface area contributed by atoms with E-state index in [1.54, 1.807) is 0 Å². The third-order valence-electron chi connectivity index (χ3n) is 6.95. The van der Waals surface area contributed by atoms with Gasteiger partial charge in [-0.15, -0.1) is 0 Å². The summed E-state index contributed by atoms with van der Waals surface area (Å²) in [5.41, 5.74) is 0.543. The summed E-state index contributed by atoms with van der Waals surface area (Å²) in [6, 6.07) is 0. The lowest BCUT2D eigenvalue weighted by Gasteiger charge is -2.59. The van der Waals surface area contributed by atoms with E-state index in [9.17, 15) is 9.59 Å². The number of carbonyl (C=O) groups excluding carboxylic acids is 2. The molecule has 0 aromatic rings. The maximum atomic E-state index is 12.6. The van der Waals surface area contributed by atoms with E-state index < -0.39 is 5.41 Å². The number of fused-ring (bicyclic) bond motifs is 3. The molecule has 0 aliphatic heterocycles. The van der Waals surface area contributed by atoms with E-state index in [2.05, 4.69) is 26.8 Å². The molecule has 1 unspecified atom stereocenters. The van der Waals surface area contributed by atoms with Crippen molar-refractivity contribution in [3.05, 3.63) is 11.6 Å². The highest BCUT2D eigenvalue weighted by atomic mass is 16.5. The summed E-state index contributed by atoms with van der Waals surface area (Å²) in [5, 5.41) is 0. The molecule has 2 saturated carbocycles. The molecule has 0 radical (unpaired) electrons. The van der Waals surface area contributed by atoms with Crippen molar-refractivity contribution >= 4 is 11.8 Å². The molecule has 3 rings (SSSR count). The van der Waals surface area contributed by atoms with Gasteiger partial charge in [0, 0.05) is 11.8 Å². The van der Waals surface area contributed by atoms with Crippen LogP contribution in [0.1, 0.15) is 65.7 Å². The fourth-order valence-corrected chi connectivity index (χ4v) is 5.78. The topological polar surface area (TPSA) is 43.4 Å². The van der Waals surface area contributed by atoms with Gasteiger partial charge in [0.15, 0.2) is 0 Å². The summed E-state index contributed by atoms with van der Waals surface area (Å²) in [4.78, 5) is 25.1. The Balaban J connectivity index is 2.10. The first-order chi connectivity index (χ1) is 10.3. The number of ketones is 1. The first kappa shape index (κ1) is 15.8. The van der Waals surface area contributed by atoms with Crippen LogP contribution in [0.2, 0.25) is 0 Å². The smallest absolute Gasteiger partial charge is 0.315 e. The first-order valence-electron chi connectivity index (χ1n) is 8.62. The fraction of sp³-hybridized carbons (Fsp3) is 0.789. The average molecular weight is 304 g/mol. The molecule has 0 amide bonds. The van der Waals surface area contributed by atoms with Crippen LogP contribution in [0.25, 0.3) is 0 Å². The van der Waals surface area contributed by atoms with Crippen molar-refractivity contribution in [1.29, 1.82) is 0 Å². The van der Waals surface area contributed by atoms with Crippen LogP contribution in [0.5, 0.6) is 0 Å². The quantitative estimate of drug-likeness (QED) is 0.542. The van der Waals surface area contributed by atoms with Crippen LogP contribution < -0.4 is 0 Å². The average Bonchev–Trinajstić information content (AvgIpc) is 2.50. The number of rotatable bonds is 1. The summed E-state index contributed by atoms with van der Waals surface area (Å²) in [7, 11) is 1.51. The second-order valence-electron chi connectivity index (χ2n) is 8.24. The van der Waals surface area contributed by atoms with Crippen LogP contribution in [0.15, 0.2) is 11.6 Å². The number of allylic oxidation sites excluding steroid dienone is 1. The van der Waals surface area contributed by atoms with Gasteiger partial charge in [-0.2, -0.15) is 0 Å². The third kappa shape index (κ3) is 1.87. The maximum Gasteiger partial charge on any atom is 0.315 e. The van der Waals surface area contributed by atoms with E-state index in [0.29, 0.717) is 18.1 Å². The predicted octanol–water partition coefficient (Wildman–Crippen LogP) is 4.06. The van der Waals surface area contributed by atoms with E-state index in [1.165, 1.54) is 12.7 Å². The molecule has 122 valence electrons. The highest BCUT2D eigenvalue weighted by Crippen LogP contribution is 2.65. The third-order valence-corrected chi connectivity index (χ3v) is 6.95. The molecule has 3 atom stereocenters. The lowest BCUT2D eigenvalue weighted by Crippen LogP contribution is -2.56. The van der Waals surface area contributed by atoms with Crippen LogP contribution in [0, 0.1) is 22.2 Å². The van der Waals surface area contributed by atoms with Crippen molar-refractivity contribution in [2.75, 3.05) is 7.11 Å². The second-order valence-corrected chi connectivity index (χ2v) is 8.24. The Morgan fingerprint density at radius 3 is 2.64 bits per heavy atom. The molecule has 0 saturated heterocycles. The van der Waals surface area contributed by atoms with Crippen LogP contribution in [0.4, 0.5) is 0 Å². The maximum absolute atomic E-state index is 12.6. The number of esters is 1. The predicted molar refractivity (Wildman–Crippen MR) is 85.2 cm³/mol. The van der Waals surface area contributed by atoms with Crippen molar-refractivity contribution < 1.29 is 14.3 Å². The minimum atomic E-state index is -0.422. The Morgan fingerprint density at radius 1 is 1.23 bits per heavy atom. The summed E-state index contributed by atoms with van der Waals surface area (Å²) >= 11 is 0.